The number of hydrogen-bond donors (Lipinski definition) is 1. The number of alkyl halides is 1. The highest BCUT2D eigenvalue weighted by atomic mass is 79.9. The fraction of sp³-hybridized carbons (Fsp3) is 1.00. The van der Waals surface area contributed by atoms with Gasteiger partial charge in [0.15, 0.2) is 0 Å². The Kier molecular flexibility index (Phi) is 5.29. The highest BCUT2D eigenvalue weighted by Crippen LogP contribution is 2.25. The van der Waals surface area contributed by atoms with Crippen LogP contribution in [0.2, 0.25) is 0 Å². The average molecular weight is 250 g/mol. The Balaban J connectivity index is 2.12. The third-order valence-electron chi connectivity index (χ3n) is 2.75. The Morgan fingerprint density at radius 2 is 2.08 bits per heavy atom. The minimum absolute atomic E-state index is 0.216. The molecule has 3 heteroatoms. The van der Waals surface area contributed by atoms with E-state index >= 15 is 0 Å². The molecule has 0 aliphatic heterocycles. The van der Waals surface area contributed by atoms with Gasteiger partial charge in [-0.3, -0.25) is 0 Å². The molecule has 78 valence electrons. The normalized spacial score (nSPS) is 21.2. The van der Waals surface area contributed by atoms with Crippen molar-refractivity contribution >= 4 is 15.9 Å². The zero-order chi connectivity index (χ0) is 9.68. The second-order valence-corrected chi connectivity index (χ2v) is 4.83. The molecule has 1 N–H and O–H groups in total. The smallest absolute Gasteiger partial charge is 0.0763 e. The van der Waals surface area contributed by atoms with Gasteiger partial charge in [-0.25, -0.2) is 0 Å². The molecule has 0 bridgehead atoms. The average Bonchev–Trinajstić information content (AvgIpc) is 2.56. The molecule has 1 aliphatic carbocycles. The molecule has 0 saturated heterocycles. The fourth-order valence-corrected chi connectivity index (χ4v) is 2.32. The van der Waals surface area contributed by atoms with Crippen molar-refractivity contribution in [1.82, 2.24) is 4.90 Å². The summed E-state index contributed by atoms with van der Waals surface area (Å²) < 4.78 is 0. The summed E-state index contributed by atoms with van der Waals surface area (Å²) in [7, 11) is 2.10. The molecule has 1 aliphatic rings. The third kappa shape index (κ3) is 4.43. The zero-order valence-corrected chi connectivity index (χ0v) is 9.96. The van der Waals surface area contributed by atoms with Crippen molar-refractivity contribution in [2.75, 3.05) is 25.5 Å². The van der Waals surface area contributed by atoms with Gasteiger partial charge < -0.3 is 10.0 Å². The van der Waals surface area contributed by atoms with E-state index in [0.29, 0.717) is 5.33 Å². The largest absolute Gasteiger partial charge is 0.391 e. The van der Waals surface area contributed by atoms with Crippen LogP contribution in [0.5, 0.6) is 0 Å². The summed E-state index contributed by atoms with van der Waals surface area (Å²) in [6, 6.07) is 0. The fourth-order valence-electron chi connectivity index (χ4n) is 2.12. The van der Waals surface area contributed by atoms with Gasteiger partial charge in [-0.15, -0.1) is 0 Å². The summed E-state index contributed by atoms with van der Waals surface area (Å²) in [5.41, 5.74) is 0. The van der Waals surface area contributed by atoms with Crippen molar-refractivity contribution in [1.29, 1.82) is 0 Å². The summed E-state index contributed by atoms with van der Waals surface area (Å²) in [6.45, 7) is 1.95. The van der Waals surface area contributed by atoms with E-state index in [9.17, 15) is 5.11 Å². The first-order valence-corrected chi connectivity index (χ1v) is 6.27. The van der Waals surface area contributed by atoms with E-state index in [4.69, 9.17) is 0 Å². The number of rotatable bonds is 5. The first-order chi connectivity index (χ1) is 6.22. The van der Waals surface area contributed by atoms with Crippen LogP contribution in [-0.2, 0) is 0 Å². The lowest BCUT2D eigenvalue weighted by molar-refractivity contribution is 0.136. The van der Waals surface area contributed by atoms with Crippen LogP contribution >= 0.6 is 15.9 Å². The van der Waals surface area contributed by atoms with E-state index in [-0.39, 0.29) is 6.10 Å². The molecule has 1 atom stereocenters. The van der Waals surface area contributed by atoms with Crippen molar-refractivity contribution in [2.45, 2.75) is 31.8 Å². The first kappa shape index (κ1) is 11.5. The molecular weight excluding hydrogens is 230 g/mol. The summed E-state index contributed by atoms with van der Waals surface area (Å²) in [4.78, 5) is 2.25. The maximum atomic E-state index is 9.41. The molecule has 1 saturated carbocycles. The quantitative estimate of drug-likeness (QED) is 0.753. The van der Waals surface area contributed by atoms with Gasteiger partial charge in [-0.2, -0.15) is 0 Å². The Bertz CT molecular complexity index is 137. The van der Waals surface area contributed by atoms with Crippen LogP contribution in [-0.4, -0.2) is 41.6 Å². The number of aliphatic hydroxyl groups is 1. The molecule has 1 rings (SSSR count). The Labute approximate surface area is 89.4 Å². The molecule has 0 aromatic rings. The molecule has 13 heavy (non-hydrogen) atoms. The van der Waals surface area contributed by atoms with E-state index < -0.39 is 0 Å². The van der Waals surface area contributed by atoms with Crippen LogP contribution in [0.3, 0.4) is 0 Å². The highest BCUT2D eigenvalue weighted by Gasteiger charge is 2.17. The van der Waals surface area contributed by atoms with Gasteiger partial charge in [0, 0.05) is 18.4 Å². The molecule has 0 aromatic carbocycles. The second-order valence-electron chi connectivity index (χ2n) is 4.18. The van der Waals surface area contributed by atoms with Crippen LogP contribution in [0.25, 0.3) is 0 Å². The van der Waals surface area contributed by atoms with Gasteiger partial charge in [-0.05, 0) is 25.8 Å². The molecule has 0 spiro atoms. The van der Waals surface area contributed by atoms with Crippen LogP contribution in [0, 0.1) is 5.92 Å². The van der Waals surface area contributed by atoms with Gasteiger partial charge in [0.1, 0.15) is 0 Å². The number of halogens is 1. The predicted molar refractivity (Wildman–Crippen MR) is 59.3 cm³/mol. The summed E-state index contributed by atoms with van der Waals surface area (Å²) >= 11 is 3.28. The lowest BCUT2D eigenvalue weighted by Crippen LogP contribution is -2.33. The second kappa shape index (κ2) is 5.99. The van der Waals surface area contributed by atoms with Crippen LogP contribution in [0.4, 0.5) is 0 Å². The van der Waals surface area contributed by atoms with Crippen LogP contribution in [0.15, 0.2) is 0 Å². The van der Waals surface area contributed by atoms with Gasteiger partial charge in [0.25, 0.3) is 0 Å². The van der Waals surface area contributed by atoms with E-state index in [1.807, 2.05) is 0 Å². The Morgan fingerprint density at radius 1 is 1.46 bits per heavy atom. The van der Waals surface area contributed by atoms with E-state index in [1.165, 1.54) is 25.7 Å². The summed E-state index contributed by atoms with van der Waals surface area (Å²) in [6.07, 6.45) is 5.36. The minimum atomic E-state index is -0.216. The molecule has 0 amide bonds. The maximum Gasteiger partial charge on any atom is 0.0763 e. The number of nitrogens with zero attached hydrogens (tertiary/aromatic N) is 1. The van der Waals surface area contributed by atoms with Crippen molar-refractivity contribution in [3.63, 3.8) is 0 Å². The molecule has 2 nitrogen and oxygen atoms in total. The predicted octanol–water partition coefficient (Wildman–Crippen LogP) is 1.86. The molecule has 1 fully saturated rings. The van der Waals surface area contributed by atoms with Crippen molar-refractivity contribution in [3.05, 3.63) is 0 Å². The zero-order valence-electron chi connectivity index (χ0n) is 8.38. The number of aliphatic hydroxyl groups excluding tert-OH is 1. The van der Waals surface area contributed by atoms with Crippen LogP contribution in [0.1, 0.15) is 25.7 Å². The molecule has 1 unspecified atom stereocenters. The lowest BCUT2D eigenvalue weighted by Gasteiger charge is -2.22. The Hall–Kier alpha value is 0.400. The third-order valence-corrected chi connectivity index (χ3v) is 3.49. The highest BCUT2D eigenvalue weighted by molar-refractivity contribution is 9.09. The number of likely N-dealkylation sites (N-methyl/N-ethyl adjacent to an activating group) is 1. The Morgan fingerprint density at radius 3 is 2.62 bits per heavy atom. The van der Waals surface area contributed by atoms with Crippen molar-refractivity contribution in [2.24, 2.45) is 5.92 Å². The lowest BCUT2D eigenvalue weighted by atomic mass is 10.1. The van der Waals surface area contributed by atoms with E-state index in [0.717, 1.165) is 19.0 Å². The topological polar surface area (TPSA) is 23.5 Å². The van der Waals surface area contributed by atoms with Crippen molar-refractivity contribution in [3.8, 4) is 0 Å². The molecule has 0 heterocycles. The van der Waals surface area contributed by atoms with Gasteiger partial charge in [0.05, 0.1) is 6.10 Å². The van der Waals surface area contributed by atoms with Gasteiger partial charge in [0.2, 0.25) is 0 Å². The molecule has 0 radical (unpaired) electrons. The van der Waals surface area contributed by atoms with E-state index in [1.54, 1.807) is 0 Å². The SMILES string of the molecule is CN(CC(O)CBr)CC1CCCC1. The van der Waals surface area contributed by atoms with Crippen LogP contribution < -0.4 is 0 Å². The maximum absolute atomic E-state index is 9.41. The van der Waals surface area contributed by atoms with E-state index in [2.05, 4.69) is 27.9 Å². The molecule has 0 aromatic heterocycles. The van der Waals surface area contributed by atoms with Gasteiger partial charge in [-0.1, -0.05) is 28.8 Å². The van der Waals surface area contributed by atoms with Crippen molar-refractivity contribution < 1.29 is 5.11 Å². The summed E-state index contributed by atoms with van der Waals surface area (Å²) in [5.74, 6) is 0.882. The standard InChI is InChI=1S/C10H20BrNO/c1-12(8-10(13)6-11)7-9-4-2-3-5-9/h9-10,13H,2-8H2,1H3. The minimum Gasteiger partial charge on any atom is -0.391 e. The number of hydrogen-bond acceptors (Lipinski definition) is 2. The first-order valence-electron chi connectivity index (χ1n) is 5.15. The monoisotopic (exact) mass is 249 g/mol. The van der Waals surface area contributed by atoms with Gasteiger partial charge >= 0.3 is 0 Å². The summed E-state index contributed by atoms with van der Waals surface area (Å²) in [5, 5.41) is 10.1. The molecular formula is C10H20BrNO.